The number of nitrogens with zero attached hydrogens (tertiary/aromatic N) is 2. The molecule has 0 unspecified atom stereocenters. The fourth-order valence-electron chi connectivity index (χ4n) is 4.34. The summed E-state index contributed by atoms with van der Waals surface area (Å²) in [6, 6.07) is 25.8. The minimum Gasteiger partial charge on any atom is -0.476 e. The molecule has 4 aromatic rings. The lowest BCUT2D eigenvalue weighted by Crippen LogP contribution is -2.32. The van der Waals surface area contributed by atoms with Crippen molar-refractivity contribution in [2.45, 2.75) is 19.4 Å². The summed E-state index contributed by atoms with van der Waals surface area (Å²) in [6.45, 7) is 2.08. The third-order valence-corrected chi connectivity index (χ3v) is 6.95. The van der Waals surface area contributed by atoms with E-state index in [-0.39, 0.29) is 24.8 Å². The van der Waals surface area contributed by atoms with E-state index in [9.17, 15) is 14.7 Å². The number of amides is 1. The van der Waals surface area contributed by atoms with E-state index in [1.165, 1.54) is 16.2 Å². The van der Waals surface area contributed by atoms with Gasteiger partial charge < -0.3 is 9.84 Å². The van der Waals surface area contributed by atoms with Crippen LogP contribution in [-0.4, -0.2) is 28.8 Å². The zero-order valence-electron chi connectivity index (χ0n) is 18.5. The van der Waals surface area contributed by atoms with Gasteiger partial charge in [0.1, 0.15) is 6.61 Å². The number of carbonyl (C=O) groups excluding carboxylic acids is 1. The fourth-order valence-corrected chi connectivity index (χ4v) is 5.23. The van der Waals surface area contributed by atoms with Crippen LogP contribution in [0.5, 0.6) is 0 Å². The molecule has 1 aliphatic carbocycles. The van der Waals surface area contributed by atoms with Gasteiger partial charge in [0.05, 0.1) is 6.54 Å². The Morgan fingerprint density at radius 3 is 2.12 bits per heavy atom. The normalized spacial score (nSPS) is 12.1. The number of aromatic carboxylic acids is 1. The topological polar surface area (TPSA) is 79.7 Å². The molecule has 6 nitrogen and oxygen atoms in total. The van der Waals surface area contributed by atoms with Crippen molar-refractivity contribution in [1.29, 1.82) is 0 Å². The Bertz CT molecular complexity index is 1320. The van der Waals surface area contributed by atoms with Gasteiger partial charge in [0.2, 0.25) is 0 Å². The first-order chi connectivity index (χ1) is 16.5. The summed E-state index contributed by atoms with van der Waals surface area (Å²) in [5, 5.41) is 9.73. The molecule has 1 N–H and O–H groups in total. The fraction of sp³-hybridized carbons (Fsp3) is 0.148. The molecule has 1 aliphatic rings. The van der Waals surface area contributed by atoms with Crippen molar-refractivity contribution in [1.82, 2.24) is 4.98 Å². The van der Waals surface area contributed by atoms with Crippen LogP contribution in [-0.2, 0) is 11.3 Å². The summed E-state index contributed by atoms with van der Waals surface area (Å²) in [6.07, 6.45) is -0.559. The Labute approximate surface area is 201 Å². The van der Waals surface area contributed by atoms with Crippen LogP contribution in [0.15, 0.2) is 78.9 Å². The summed E-state index contributed by atoms with van der Waals surface area (Å²) in [4.78, 5) is 31.0. The molecule has 0 atom stereocenters. The molecule has 34 heavy (non-hydrogen) atoms. The number of ether oxygens (including phenoxy) is 1. The Hall–Kier alpha value is -3.97. The first-order valence-corrected chi connectivity index (χ1v) is 11.7. The summed E-state index contributed by atoms with van der Waals surface area (Å²) in [7, 11) is 0. The third kappa shape index (κ3) is 4.06. The monoisotopic (exact) mass is 470 g/mol. The minimum absolute atomic E-state index is 0.0514. The smallest absolute Gasteiger partial charge is 0.416 e. The zero-order chi connectivity index (χ0) is 23.7. The van der Waals surface area contributed by atoms with Gasteiger partial charge in [0, 0.05) is 10.8 Å². The lowest BCUT2D eigenvalue weighted by Gasteiger charge is -2.21. The van der Waals surface area contributed by atoms with E-state index in [1.807, 2.05) is 54.6 Å². The number of hydrogen-bond donors (Lipinski definition) is 1. The Morgan fingerprint density at radius 2 is 1.53 bits per heavy atom. The van der Waals surface area contributed by atoms with E-state index >= 15 is 0 Å². The molecule has 0 fully saturated rings. The number of aromatic nitrogens is 1. The van der Waals surface area contributed by atoms with E-state index in [0.717, 1.165) is 27.8 Å². The van der Waals surface area contributed by atoms with Crippen molar-refractivity contribution in [3.63, 3.8) is 0 Å². The number of anilines is 1. The van der Waals surface area contributed by atoms with E-state index in [0.29, 0.717) is 10.0 Å². The second-order valence-corrected chi connectivity index (χ2v) is 9.26. The lowest BCUT2D eigenvalue weighted by atomic mass is 9.98. The van der Waals surface area contributed by atoms with Crippen LogP contribution >= 0.6 is 11.3 Å². The van der Waals surface area contributed by atoms with Gasteiger partial charge in [-0.3, -0.25) is 0 Å². The predicted octanol–water partition coefficient (Wildman–Crippen LogP) is 6.11. The van der Waals surface area contributed by atoms with Gasteiger partial charge in [-0.2, -0.15) is 0 Å². The van der Waals surface area contributed by atoms with Crippen LogP contribution < -0.4 is 4.90 Å². The van der Waals surface area contributed by atoms with Crippen LogP contribution in [0.2, 0.25) is 0 Å². The van der Waals surface area contributed by atoms with E-state index in [2.05, 4.69) is 29.2 Å². The van der Waals surface area contributed by atoms with Crippen molar-refractivity contribution in [2.75, 3.05) is 11.5 Å². The maximum atomic E-state index is 13.3. The van der Waals surface area contributed by atoms with Crippen LogP contribution in [0.4, 0.5) is 9.93 Å². The maximum Gasteiger partial charge on any atom is 0.416 e. The van der Waals surface area contributed by atoms with Gasteiger partial charge >= 0.3 is 12.1 Å². The molecule has 7 heteroatoms. The highest BCUT2D eigenvalue weighted by Gasteiger charge is 2.31. The summed E-state index contributed by atoms with van der Waals surface area (Å²) in [5.41, 5.74) is 5.41. The van der Waals surface area contributed by atoms with Gasteiger partial charge in [-0.05, 0) is 34.7 Å². The van der Waals surface area contributed by atoms with Crippen LogP contribution in [0, 0.1) is 6.92 Å². The van der Waals surface area contributed by atoms with Crippen LogP contribution in [0.1, 0.15) is 38.0 Å². The lowest BCUT2D eigenvalue weighted by molar-refractivity contribution is 0.0690. The summed E-state index contributed by atoms with van der Waals surface area (Å²) < 4.78 is 5.84. The average molecular weight is 471 g/mol. The van der Waals surface area contributed by atoms with Crippen LogP contribution in [0.3, 0.4) is 0 Å². The Kier molecular flexibility index (Phi) is 5.86. The number of fused-ring (bicyclic) bond motifs is 3. The molecule has 1 amide bonds. The average Bonchev–Trinajstić information content (AvgIpc) is 3.40. The molecule has 0 aliphatic heterocycles. The molecule has 0 saturated heterocycles. The molecule has 0 bridgehead atoms. The van der Waals surface area contributed by atoms with Crippen molar-refractivity contribution < 1.29 is 19.4 Å². The molecular weight excluding hydrogens is 448 g/mol. The number of rotatable bonds is 6. The standard InChI is InChI=1S/C27H22N2O4S/c1-17-24(25(30)31)28-26(34-17)29(15-18-9-3-2-4-10-18)27(32)33-16-23-21-13-7-5-11-19(21)20-12-6-8-14-22(20)23/h2-14,23H,15-16H2,1H3,(H,30,31). The highest BCUT2D eigenvalue weighted by atomic mass is 32.1. The molecule has 5 rings (SSSR count). The van der Waals surface area contributed by atoms with E-state index < -0.39 is 12.1 Å². The number of benzene rings is 3. The first kappa shape index (κ1) is 21.9. The van der Waals surface area contributed by atoms with Gasteiger partial charge in [-0.1, -0.05) is 78.9 Å². The first-order valence-electron chi connectivity index (χ1n) is 10.9. The number of aryl methyl sites for hydroxylation is 1. The predicted molar refractivity (Wildman–Crippen MR) is 132 cm³/mol. The molecule has 170 valence electrons. The zero-order valence-corrected chi connectivity index (χ0v) is 19.3. The molecule has 0 spiro atoms. The Balaban J connectivity index is 1.42. The number of hydrogen-bond acceptors (Lipinski definition) is 5. The molecule has 1 heterocycles. The Morgan fingerprint density at radius 1 is 0.941 bits per heavy atom. The van der Waals surface area contributed by atoms with Gasteiger partial charge in [-0.25, -0.2) is 19.5 Å². The summed E-state index contributed by atoms with van der Waals surface area (Å²) in [5.74, 6) is -1.19. The van der Waals surface area contributed by atoms with Gasteiger partial charge in [0.15, 0.2) is 10.8 Å². The number of carbonyl (C=O) groups is 2. The molecule has 1 aromatic heterocycles. The maximum absolute atomic E-state index is 13.3. The SMILES string of the molecule is Cc1sc(N(Cc2ccccc2)C(=O)OCC2c3ccccc3-c3ccccc32)nc1C(=O)O. The second-order valence-electron chi connectivity index (χ2n) is 8.08. The molecule has 0 radical (unpaired) electrons. The largest absolute Gasteiger partial charge is 0.476 e. The second kappa shape index (κ2) is 9.11. The number of carboxylic acid groups (broad SMARTS) is 1. The molecule has 3 aromatic carbocycles. The van der Waals surface area contributed by atoms with Crippen molar-refractivity contribution >= 4 is 28.5 Å². The van der Waals surface area contributed by atoms with E-state index in [1.54, 1.807) is 6.92 Å². The molecule has 0 saturated carbocycles. The van der Waals surface area contributed by atoms with E-state index in [4.69, 9.17) is 4.74 Å². The van der Waals surface area contributed by atoms with Crippen molar-refractivity contribution in [3.05, 3.63) is 106 Å². The summed E-state index contributed by atoms with van der Waals surface area (Å²) >= 11 is 1.17. The van der Waals surface area contributed by atoms with Crippen molar-refractivity contribution in [2.24, 2.45) is 0 Å². The molecular formula is C27H22N2O4S. The van der Waals surface area contributed by atoms with Gasteiger partial charge in [-0.15, -0.1) is 11.3 Å². The minimum atomic E-state index is -1.12. The van der Waals surface area contributed by atoms with Crippen LogP contribution in [0.25, 0.3) is 11.1 Å². The van der Waals surface area contributed by atoms with Crippen molar-refractivity contribution in [3.8, 4) is 11.1 Å². The number of carboxylic acids is 1. The quantitative estimate of drug-likeness (QED) is 0.368. The highest BCUT2D eigenvalue weighted by molar-refractivity contribution is 7.16. The third-order valence-electron chi connectivity index (χ3n) is 5.96. The number of thiazole rings is 1. The highest BCUT2D eigenvalue weighted by Crippen LogP contribution is 2.44. The van der Waals surface area contributed by atoms with Gasteiger partial charge in [0.25, 0.3) is 0 Å².